The lowest BCUT2D eigenvalue weighted by atomic mass is 9.73. The van der Waals surface area contributed by atoms with Crippen molar-refractivity contribution in [2.75, 3.05) is 14.7 Å². The zero-order chi connectivity index (χ0) is 70.6. The number of aromatic nitrogens is 1. The van der Waals surface area contributed by atoms with Crippen molar-refractivity contribution in [3.8, 4) is 22.4 Å². The summed E-state index contributed by atoms with van der Waals surface area (Å²) < 4.78 is 1.96. The fraction of sp³-hybridized carbons (Fsp3) is 0.0460. The number of hydrogen-bond acceptors (Lipinski definition) is 18. The van der Waals surface area contributed by atoms with Gasteiger partial charge in [0, 0.05) is 88.0 Å². The first-order chi connectivity index (χ1) is 51.1. The van der Waals surface area contributed by atoms with Crippen LogP contribution in [0.3, 0.4) is 0 Å². The number of para-hydroxylation sites is 2. The molecule has 0 saturated carbocycles. The Bertz CT molecular complexity index is 6500. The van der Waals surface area contributed by atoms with E-state index in [-0.39, 0.29) is 51.4 Å². The number of carbonyl (C=O) groups is 6. The molecule has 8 aromatic carbocycles. The van der Waals surface area contributed by atoms with Crippen LogP contribution in [0.1, 0.15) is 107 Å². The molecule has 500 valence electrons. The Kier molecular flexibility index (Phi) is 14.0. The molecule has 6 aliphatic rings. The van der Waals surface area contributed by atoms with Gasteiger partial charge >= 0.3 is 0 Å². The minimum atomic E-state index is -0.438. The molecule has 0 radical (unpaired) electrons. The Labute approximate surface area is 632 Å². The van der Waals surface area contributed by atoms with Gasteiger partial charge in [-0.25, -0.2) is 4.98 Å². The Morgan fingerprint density at radius 1 is 0.371 bits per heavy atom. The van der Waals surface area contributed by atoms with Crippen LogP contribution >= 0.6 is 91.5 Å². The molecule has 0 bridgehead atoms. The number of aryl methyl sites for hydroxylation is 1. The van der Waals surface area contributed by atoms with Crippen molar-refractivity contribution in [3.63, 3.8) is 0 Å². The fourth-order valence-electron chi connectivity index (χ4n) is 15.5. The van der Waals surface area contributed by atoms with Crippen LogP contribution in [0.4, 0.5) is 49.3 Å². The summed E-state index contributed by atoms with van der Waals surface area (Å²) in [5.74, 6) is -0.807. The molecule has 105 heavy (non-hydrogen) atoms. The second-order valence-corrected chi connectivity index (χ2v) is 35.6. The van der Waals surface area contributed by atoms with Gasteiger partial charge in [0.1, 0.15) is 15.0 Å². The first-order valence-corrected chi connectivity index (χ1v) is 40.5. The predicted molar refractivity (Wildman–Crippen MR) is 433 cm³/mol. The van der Waals surface area contributed by atoms with Crippen molar-refractivity contribution in [1.29, 1.82) is 0 Å². The van der Waals surface area contributed by atoms with Crippen LogP contribution in [0, 0.1) is 6.92 Å². The summed E-state index contributed by atoms with van der Waals surface area (Å²) in [5, 5.41) is 12.5. The zero-order valence-corrected chi connectivity index (χ0v) is 62.1. The summed E-state index contributed by atoms with van der Waals surface area (Å²) in [5.41, 5.74) is 13.6. The van der Waals surface area contributed by atoms with Gasteiger partial charge in [0.15, 0.2) is 40.5 Å². The van der Waals surface area contributed by atoms with Gasteiger partial charge in [-0.2, -0.15) is 11.3 Å². The van der Waals surface area contributed by atoms with Crippen LogP contribution in [-0.2, 0) is 5.41 Å². The van der Waals surface area contributed by atoms with Crippen LogP contribution < -0.4 is 14.7 Å². The van der Waals surface area contributed by atoms with Crippen LogP contribution in [0.2, 0.25) is 0 Å². The topological polar surface area (TPSA) is 125 Å². The number of anilines is 9. The van der Waals surface area contributed by atoms with Crippen molar-refractivity contribution in [1.82, 2.24) is 4.98 Å². The van der Waals surface area contributed by atoms with E-state index < -0.39 is 5.41 Å². The highest BCUT2D eigenvalue weighted by atomic mass is 32.2. The third-order valence-corrected chi connectivity index (χ3v) is 28.6. The highest BCUT2D eigenvalue weighted by Gasteiger charge is 2.41. The number of Topliss-reactive ketones (excluding diaryl/α,β-unsaturated/α-hetero) is 6. The highest BCUT2D eigenvalue weighted by Crippen LogP contribution is 2.59. The quantitative estimate of drug-likeness (QED) is 0.106. The number of pyridine rings is 1. The van der Waals surface area contributed by atoms with Crippen LogP contribution in [0.15, 0.2) is 253 Å². The number of fused-ring (bicyclic) bond motifs is 12. The Balaban J connectivity index is 0.654. The number of benzene rings is 8. The Hall–Kier alpha value is -10.8. The molecule has 3 aliphatic heterocycles. The van der Waals surface area contributed by atoms with Gasteiger partial charge in [-0.1, -0.05) is 85.9 Å². The fourth-order valence-corrected chi connectivity index (χ4v) is 23.0. The summed E-state index contributed by atoms with van der Waals surface area (Å²) in [6.45, 7) is 6.59. The molecule has 18 heteroatoms. The van der Waals surface area contributed by atoms with E-state index in [0.29, 0.717) is 33.4 Å². The van der Waals surface area contributed by atoms with Gasteiger partial charge in [-0.05, 0) is 237 Å². The summed E-state index contributed by atoms with van der Waals surface area (Å²) in [6, 6.07) is 68.3. The van der Waals surface area contributed by atoms with Crippen molar-refractivity contribution in [3.05, 3.63) is 297 Å². The molecule has 0 saturated heterocycles. The highest BCUT2D eigenvalue weighted by molar-refractivity contribution is 8.00. The molecule has 15 aromatic rings. The molecular formula is C87H48N4O6S8. The van der Waals surface area contributed by atoms with Crippen LogP contribution in [0.25, 0.3) is 71.6 Å². The normalized spacial score (nSPS) is 16.0. The SMILES string of the molecule is Cc1cc2cc3c(cc2s1)C(=O)/C(=C/c1ccc(N2c4cc(-c5ccc6c(c5)C(C)(C)c5ccccc5N6c5ccc(/C=C6\C(=O)c7cc8ccsc8cc7C6=O)s5)ccc4Sc4ccc(-c5ccc6c(n5)N(c5ccc(C=C7C(=O)c8cc9cscc9cc8C7=O)s5)c5ccccc5S6)cc42)s1)C3=O. The average Bonchev–Trinajstić information content (AvgIpc) is 1.77. The second kappa shape index (κ2) is 23.4. The van der Waals surface area contributed by atoms with E-state index in [4.69, 9.17) is 4.98 Å². The van der Waals surface area contributed by atoms with Crippen LogP contribution in [-0.4, -0.2) is 39.7 Å². The lowest BCUT2D eigenvalue weighted by Crippen LogP contribution is -2.30. The maximum absolute atomic E-state index is 14.3. The number of thiophene rings is 6. The van der Waals surface area contributed by atoms with E-state index in [0.717, 1.165) is 153 Å². The molecule has 0 atom stereocenters. The summed E-state index contributed by atoms with van der Waals surface area (Å²) in [7, 11) is 0. The maximum atomic E-state index is 14.3. The molecule has 10 heterocycles. The van der Waals surface area contributed by atoms with Gasteiger partial charge < -0.3 is 4.90 Å². The molecule has 0 N–H and O–H groups in total. The van der Waals surface area contributed by atoms with E-state index in [9.17, 15) is 28.8 Å². The van der Waals surface area contributed by atoms with Crippen molar-refractivity contribution >= 4 is 225 Å². The van der Waals surface area contributed by atoms with Gasteiger partial charge in [0.05, 0.1) is 55.7 Å². The minimum absolute atomic E-state index is 0.151. The smallest absolute Gasteiger partial charge is 0.197 e. The van der Waals surface area contributed by atoms with Gasteiger partial charge in [0.25, 0.3) is 0 Å². The monoisotopic (exact) mass is 1500 g/mol. The van der Waals surface area contributed by atoms with Crippen LogP contribution in [0.5, 0.6) is 0 Å². The lowest BCUT2D eigenvalue weighted by Gasteiger charge is -2.41. The average molecular weight is 1500 g/mol. The third-order valence-electron chi connectivity index (χ3n) is 20.6. The molecule has 3 aliphatic carbocycles. The Morgan fingerprint density at radius 3 is 1.49 bits per heavy atom. The first kappa shape index (κ1) is 62.8. The van der Waals surface area contributed by atoms with Crippen molar-refractivity contribution < 1.29 is 28.8 Å². The predicted octanol–water partition coefficient (Wildman–Crippen LogP) is 24.9. The maximum Gasteiger partial charge on any atom is 0.197 e. The van der Waals surface area contributed by atoms with E-state index in [1.165, 1.54) is 22.7 Å². The number of hydrogen-bond donors (Lipinski definition) is 0. The first-order valence-electron chi connectivity index (χ1n) is 33.8. The van der Waals surface area contributed by atoms with E-state index in [1.807, 2.05) is 102 Å². The molecule has 21 rings (SSSR count). The van der Waals surface area contributed by atoms with Gasteiger partial charge in [-0.3, -0.25) is 38.6 Å². The van der Waals surface area contributed by atoms with E-state index in [1.54, 1.807) is 87.1 Å². The van der Waals surface area contributed by atoms with Gasteiger partial charge in [-0.15, -0.1) is 56.7 Å². The Morgan fingerprint density at radius 2 is 0.848 bits per heavy atom. The molecule has 0 amide bonds. The van der Waals surface area contributed by atoms with E-state index >= 15 is 0 Å². The minimum Gasteiger partial charge on any atom is -0.301 e. The molecule has 0 unspecified atom stereocenters. The lowest BCUT2D eigenvalue weighted by molar-refractivity contribution is 0.0975. The third kappa shape index (κ3) is 9.74. The molecule has 10 nitrogen and oxygen atoms in total. The molecule has 0 spiro atoms. The number of carbonyl (C=O) groups excluding carboxylic acids is 6. The summed E-state index contributed by atoms with van der Waals surface area (Å²) >= 11 is 12.6. The summed E-state index contributed by atoms with van der Waals surface area (Å²) in [4.78, 5) is 104. The molecule has 0 fully saturated rings. The number of nitrogens with zero attached hydrogens (tertiary/aromatic N) is 4. The molecule has 7 aromatic heterocycles. The molecular weight excluding hydrogens is 1450 g/mol. The van der Waals surface area contributed by atoms with E-state index in [2.05, 4.69) is 150 Å². The van der Waals surface area contributed by atoms with Crippen molar-refractivity contribution in [2.24, 2.45) is 0 Å². The second-order valence-electron chi connectivity index (χ2n) is 27.2. The number of ketones is 6. The standard InChI is InChI=1S/C87H48N4O6S8/c1-43-28-48-30-55-59(40-76(48)100-43)85(97)62(81(55)93)37-52-16-24-78(102-52)90-69-34-45(44-12-19-67-64(33-44)87(2,3)63-8-4-5-9-66(63)89(67)77-23-15-51(101-77)36-61-80(92)54-29-47-26-27-99-75(47)39-58(54)84(61)96)13-20-72(69)104-73-21-14-46(35-70(73)90)65-18-22-74-86(88-65)91(68-10-6-7-11-71(68)105-74)79-25-17-53(103-79)38-60-82(94)56-31-49-41-98-42-50(49)32-57(56)83(60)95/h4-42H,1-3H3/b61-36+,62-37+. The zero-order valence-electron chi connectivity index (χ0n) is 55.5. The summed E-state index contributed by atoms with van der Waals surface area (Å²) in [6.07, 6.45) is 5.25. The number of rotatable bonds is 8. The number of allylic oxidation sites excluding steroid dienone is 3. The van der Waals surface area contributed by atoms with Crippen molar-refractivity contribution in [2.45, 2.75) is 45.8 Å². The van der Waals surface area contributed by atoms with Gasteiger partial charge in [0.2, 0.25) is 0 Å². The largest absolute Gasteiger partial charge is 0.301 e.